The van der Waals surface area contributed by atoms with E-state index in [4.69, 9.17) is 24.7 Å². The number of nitrogens with two attached hydrogens (primary N) is 1. The van der Waals surface area contributed by atoms with Gasteiger partial charge in [0.25, 0.3) is 0 Å². The number of nitrogens with zero attached hydrogens (tertiary/aromatic N) is 3. The van der Waals surface area contributed by atoms with Gasteiger partial charge in [0.05, 0.1) is 37.4 Å². The molecule has 11 heteroatoms. The molecular formula is C26H33F2N5O4. The van der Waals surface area contributed by atoms with Crippen molar-refractivity contribution in [1.29, 1.82) is 0 Å². The molecule has 2 aromatic rings. The van der Waals surface area contributed by atoms with Gasteiger partial charge in [-0.15, -0.1) is 0 Å². The second-order valence-corrected chi connectivity index (χ2v) is 8.88. The van der Waals surface area contributed by atoms with E-state index in [0.29, 0.717) is 24.4 Å². The second-order valence-electron chi connectivity index (χ2n) is 8.88. The zero-order valence-corrected chi connectivity index (χ0v) is 20.9. The lowest BCUT2D eigenvalue weighted by Crippen LogP contribution is -2.22. The number of nitrogens with one attached hydrogen (secondary N) is 1. The first-order chi connectivity index (χ1) is 18.1. The van der Waals surface area contributed by atoms with Crippen LogP contribution in [0.3, 0.4) is 0 Å². The van der Waals surface area contributed by atoms with Crippen molar-refractivity contribution in [2.45, 2.75) is 57.3 Å². The minimum absolute atomic E-state index is 0.00577. The number of halogens is 2. The predicted octanol–water partition coefficient (Wildman–Crippen LogP) is 4.44. The largest absolute Gasteiger partial charge is 0.494 e. The third-order valence-electron chi connectivity index (χ3n) is 6.07. The van der Waals surface area contributed by atoms with Gasteiger partial charge < -0.3 is 30.0 Å². The van der Waals surface area contributed by atoms with Crippen LogP contribution in [-0.2, 0) is 16.1 Å². The third-order valence-corrected chi connectivity index (χ3v) is 6.07. The fourth-order valence-electron chi connectivity index (χ4n) is 3.89. The molecule has 1 aliphatic carbocycles. The van der Waals surface area contributed by atoms with Crippen molar-refractivity contribution < 1.29 is 27.7 Å². The van der Waals surface area contributed by atoms with Crippen LogP contribution in [-0.4, -0.2) is 49.3 Å². The molecule has 2 aliphatic rings. The molecule has 200 valence electrons. The molecule has 4 rings (SSSR count). The molecule has 1 aliphatic heterocycles. The fourth-order valence-corrected chi connectivity index (χ4v) is 3.89. The highest BCUT2D eigenvalue weighted by Gasteiger charge is 2.31. The number of methoxy groups -OCH3 is 1. The van der Waals surface area contributed by atoms with Gasteiger partial charge in [0.15, 0.2) is 23.6 Å². The minimum Gasteiger partial charge on any atom is -0.494 e. The Bertz CT molecular complexity index is 1090. The molecule has 0 amide bonds. The van der Waals surface area contributed by atoms with E-state index in [0.717, 1.165) is 45.1 Å². The average molecular weight is 518 g/mol. The number of aliphatic imine (C=N–C) groups is 1. The number of benzene rings is 1. The SMILES string of the molecule is COc1cc(C2CC2)c(F)c(COc2cnc(N/C(C=NCCCOC3CCCCO3)=C/N)nc2)c1F. The van der Waals surface area contributed by atoms with Crippen LogP contribution < -0.4 is 20.5 Å². The molecule has 37 heavy (non-hydrogen) atoms. The molecule has 1 aromatic carbocycles. The van der Waals surface area contributed by atoms with Crippen molar-refractivity contribution in [3.63, 3.8) is 0 Å². The van der Waals surface area contributed by atoms with Crippen LogP contribution in [0.15, 0.2) is 35.3 Å². The normalized spacial score (nSPS) is 18.2. The summed E-state index contributed by atoms with van der Waals surface area (Å²) >= 11 is 0. The molecule has 0 bridgehead atoms. The van der Waals surface area contributed by atoms with E-state index in [9.17, 15) is 8.78 Å². The number of aromatic nitrogens is 2. The Morgan fingerprint density at radius 2 is 2.03 bits per heavy atom. The van der Waals surface area contributed by atoms with E-state index in [2.05, 4.69) is 20.3 Å². The highest BCUT2D eigenvalue weighted by Crippen LogP contribution is 2.44. The second kappa shape index (κ2) is 13.3. The number of rotatable bonds is 13. The Labute approximate surface area is 215 Å². The van der Waals surface area contributed by atoms with Crippen molar-refractivity contribution >= 4 is 12.2 Å². The standard InChI is InChI=1S/C26H33F2N5O4/c1-34-22-11-20(17-6-7-17)24(27)21(25(22)28)16-37-19-14-31-26(32-15-19)33-18(12-29)13-30-8-4-10-36-23-5-2-3-9-35-23/h11-15,17,23H,2-10,16,29H2,1H3,(H,31,32,33)/b18-12+,30-13?. The van der Waals surface area contributed by atoms with Crippen LogP contribution in [0, 0.1) is 11.6 Å². The summed E-state index contributed by atoms with van der Waals surface area (Å²) in [5.41, 5.74) is 6.47. The van der Waals surface area contributed by atoms with E-state index < -0.39 is 11.6 Å². The maximum atomic E-state index is 14.9. The first kappa shape index (κ1) is 26.7. The molecule has 9 nitrogen and oxygen atoms in total. The highest BCUT2D eigenvalue weighted by molar-refractivity contribution is 5.81. The monoisotopic (exact) mass is 517 g/mol. The molecule has 2 heterocycles. The van der Waals surface area contributed by atoms with E-state index in [-0.39, 0.29) is 41.8 Å². The van der Waals surface area contributed by atoms with E-state index in [1.165, 1.54) is 31.8 Å². The first-order valence-electron chi connectivity index (χ1n) is 12.5. The molecule has 2 fully saturated rings. The lowest BCUT2D eigenvalue weighted by atomic mass is 10.0. The molecular weight excluding hydrogens is 484 g/mol. The zero-order valence-electron chi connectivity index (χ0n) is 20.9. The lowest BCUT2D eigenvalue weighted by molar-refractivity contribution is -0.162. The van der Waals surface area contributed by atoms with Crippen LogP contribution in [0.2, 0.25) is 0 Å². The Morgan fingerprint density at radius 3 is 2.70 bits per heavy atom. The van der Waals surface area contributed by atoms with Gasteiger partial charge in [-0.2, -0.15) is 0 Å². The Balaban J connectivity index is 1.24. The van der Waals surface area contributed by atoms with Gasteiger partial charge in [0.1, 0.15) is 12.4 Å². The van der Waals surface area contributed by atoms with E-state index in [1.807, 2.05) is 0 Å². The molecule has 1 unspecified atom stereocenters. The lowest BCUT2D eigenvalue weighted by Gasteiger charge is -2.22. The van der Waals surface area contributed by atoms with Crippen molar-refractivity contribution in [2.75, 3.05) is 32.2 Å². The van der Waals surface area contributed by atoms with Gasteiger partial charge in [-0.25, -0.2) is 18.7 Å². The average Bonchev–Trinajstić information content (AvgIpc) is 3.77. The van der Waals surface area contributed by atoms with E-state index >= 15 is 0 Å². The predicted molar refractivity (Wildman–Crippen MR) is 135 cm³/mol. The summed E-state index contributed by atoms with van der Waals surface area (Å²) in [6, 6.07) is 1.43. The number of ether oxygens (including phenoxy) is 4. The number of hydrogen-bond donors (Lipinski definition) is 2. The highest BCUT2D eigenvalue weighted by atomic mass is 19.1. The van der Waals surface area contributed by atoms with Crippen LogP contribution >= 0.6 is 0 Å². The maximum absolute atomic E-state index is 14.9. The number of hydrogen-bond acceptors (Lipinski definition) is 9. The van der Waals surface area contributed by atoms with Gasteiger partial charge >= 0.3 is 0 Å². The first-order valence-corrected chi connectivity index (χ1v) is 12.5. The molecule has 1 saturated carbocycles. The van der Waals surface area contributed by atoms with Gasteiger partial charge in [-0.1, -0.05) is 0 Å². The molecule has 1 saturated heterocycles. The molecule has 0 radical (unpaired) electrons. The molecule has 0 spiro atoms. The van der Waals surface area contributed by atoms with Crippen molar-refractivity contribution in [3.05, 3.63) is 53.1 Å². The summed E-state index contributed by atoms with van der Waals surface area (Å²) in [7, 11) is 1.36. The van der Waals surface area contributed by atoms with Gasteiger partial charge in [-0.3, -0.25) is 4.99 Å². The maximum Gasteiger partial charge on any atom is 0.227 e. The van der Waals surface area contributed by atoms with E-state index in [1.54, 1.807) is 6.21 Å². The smallest absolute Gasteiger partial charge is 0.227 e. The summed E-state index contributed by atoms with van der Waals surface area (Å²) in [6.45, 7) is 1.59. The van der Waals surface area contributed by atoms with Crippen molar-refractivity contribution in [1.82, 2.24) is 9.97 Å². The Morgan fingerprint density at radius 1 is 1.22 bits per heavy atom. The minimum atomic E-state index is -0.769. The molecule has 1 aromatic heterocycles. The van der Waals surface area contributed by atoms with Gasteiger partial charge in [-0.05, 0) is 56.1 Å². The Kier molecular flexibility index (Phi) is 9.61. The Hall–Kier alpha value is -3.31. The number of anilines is 1. The van der Waals surface area contributed by atoms with Crippen LogP contribution in [0.25, 0.3) is 0 Å². The summed E-state index contributed by atoms with van der Waals surface area (Å²) in [4.78, 5) is 12.7. The molecule has 3 N–H and O–H groups in total. The fraction of sp³-hybridized carbons (Fsp3) is 0.500. The number of allylic oxidation sites excluding steroid dienone is 1. The quantitative estimate of drug-likeness (QED) is 0.296. The topological polar surface area (TPSA) is 113 Å². The summed E-state index contributed by atoms with van der Waals surface area (Å²) in [6.07, 6.45) is 11.3. The van der Waals surface area contributed by atoms with Crippen molar-refractivity contribution in [3.8, 4) is 11.5 Å². The van der Waals surface area contributed by atoms with Crippen molar-refractivity contribution in [2.24, 2.45) is 10.7 Å². The van der Waals surface area contributed by atoms with Crippen LogP contribution in [0.1, 0.15) is 55.6 Å². The van der Waals surface area contributed by atoms with Crippen LogP contribution in [0.5, 0.6) is 11.5 Å². The van der Waals surface area contributed by atoms with Gasteiger partial charge in [0, 0.05) is 25.6 Å². The zero-order chi connectivity index (χ0) is 26.0. The molecule has 1 atom stereocenters. The van der Waals surface area contributed by atoms with Crippen LogP contribution in [0.4, 0.5) is 14.7 Å². The third kappa shape index (κ3) is 7.59. The van der Waals surface area contributed by atoms with Gasteiger partial charge in [0.2, 0.25) is 5.95 Å². The summed E-state index contributed by atoms with van der Waals surface area (Å²) in [5, 5.41) is 2.95. The summed E-state index contributed by atoms with van der Waals surface area (Å²) in [5.74, 6) is -0.733. The summed E-state index contributed by atoms with van der Waals surface area (Å²) < 4.78 is 51.4.